The van der Waals surface area contributed by atoms with Crippen molar-refractivity contribution in [2.24, 2.45) is 46.8 Å². The molecule has 8 unspecified atom stereocenters. The maximum absolute atomic E-state index is 13.5. The zero-order valence-electron chi connectivity index (χ0n) is 19.6. The zero-order chi connectivity index (χ0) is 22.0. The van der Waals surface area contributed by atoms with Gasteiger partial charge < -0.3 is 0 Å². The molecule has 172 valence electrons. The third-order valence-electron chi connectivity index (χ3n) is 10.4. The number of ketones is 1. The fraction of sp³-hybridized carbons (Fsp3) is 0.714. The van der Waals surface area contributed by atoms with Gasteiger partial charge in [-0.25, -0.2) is 4.39 Å². The van der Waals surface area contributed by atoms with Gasteiger partial charge in [0.2, 0.25) is 0 Å². The van der Waals surface area contributed by atoms with Crippen LogP contribution in [0.3, 0.4) is 0 Å². The SMILES string of the molecule is CC1CCC2C(CCC3C2CCC2(C)C(C(=O)Cn4cc5cc(F)ccc5n4)CCC32)C1. The lowest BCUT2D eigenvalue weighted by atomic mass is 9.49. The highest BCUT2D eigenvalue weighted by molar-refractivity contribution is 5.83. The highest BCUT2D eigenvalue weighted by atomic mass is 19.1. The summed E-state index contributed by atoms with van der Waals surface area (Å²) in [5.74, 6) is 5.57. The highest BCUT2D eigenvalue weighted by Crippen LogP contribution is 2.64. The van der Waals surface area contributed by atoms with Crippen molar-refractivity contribution >= 4 is 16.7 Å². The van der Waals surface area contributed by atoms with Crippen molar-refractivity contribution in [3.63, 3.8) is 0 Å². The van der Waals surface area contributed by atoms with Gasteiger partial charge in [-0.05, 0) is 110 Å². The molecule has 0 aliphatic heterocycles. The van der Waals surface area contributed by atoms with Gasteiger partial charge in [0, 0.05) is 17.5 Å². The lowest BCUT2D eigenvalue weighted by molar-refractivity contribution is -0.131. The summed E-state index contributed by atoms with van der Waals surface area (Å²) in [6.07, 6.45) is 13.8. The maximum Gasteiger partial charge on any atom is 0.157 e. The van der Waals surface area contributed by atoms with Crippen LogP contribution in [0.25, 0.3) is 10.9 Å². The van der Waals surface area contributed by atoms with E-state index < -0.39 is 0 Å². The molecule has 1 heterocycles. The second-order valence-electron chi connectivity index (χ2n) is 12.0. The van der Waals surface area contributed by atoms with Crippen molar-refractivity contribution < 1.29 is 9.18 Å². The van der Waals surface area contributed by atoms with E-state index in [2.05, 4.69) is 18.9 Å². The molecule has 4 aliphatic rings. The summed E-state index contributed by atoms with van der Waals surface area (Å²) < 4.78 is 15.3. The monoisotopic (exact) mass is 436 g/mol. The van der Waals surface area contributed by atoms with Gasteiger partial charge in [-0.15, -0.1) is 0 Å². The third-order valence-corrected chi connectivity index (χ3v) is 10.4. The van der Waals surface area contributed by atoms with Crippen LogP contribution in [-0.2, 0) is 11.3 Å². The molecular formula is C28H37FN2O. The number of Topliss-reactive ketones (excluding diaryl/α,β-unsaturated/α-hetero) is 1. The van der Waals surface area contributed by atoms with Gasteiger partial charge in [-0.3, -0.25) is 9.48 Å². The second-order valence-corrected chi connectivity index (χ2v) is 12.0. The van der Waals surface area contributed by atoms with Crippen LogP contribution >= 0.6 is 0 Å². The van der Waals surface area contributed by atoms with Crippen molar-refractivity contribution in [3.8, 4) is 0 Å². The maximum atomic E-state index is 13.5. The Labute approximate surface area is 191 Å². The normalized spacial score (nSPS) is 41.2. The average molecular weight is 437 g/mol. The Morgan fingerprint density at radius 2 is 1.94 bits per heavy atom. The van der Waals surface area contributed by atoms with E-state index in [1.165, 1.54) is 63.5 Å². The van der Waals surface area contributed by atoms with Crippen LogP contribution in [0.4, 0.5) is 4.39 Å². The standard InChI is InChI=1S/C28H37FN2O/c1-17-3-6-21-18(13-17)4-7-23-22(21)11-12-28(2)24(23)8-9-25(28)27(32)16-31-15-19-14-20(29)5-10-26(19)30-31/h5,10,14-15,17-18,21-25H,3-4,6-9,11-13,16H2,1-2H3. The first kappa shape index (κ1) is 20.9. The Kier molecular flexibility index (Phi) is 5.00. The molecule has 4 aliphatic carbocycles. The van der Waals surface area contributed by atoms with Crippen LogP contribution in [0.15, 0.2) is 24.4 Å². The number of hydrogen-bond donors (Lipinski definition) is 0. The molecule has 4 fully saturated rings. The van der Waals surface area contributed by atoms with Crippen LogP contribution in [0.2, 0.25) is 0 Å². The number of carbonyl (C=O) groups is 1. The molecule has 32 heavy (non-hydrogen) atoms. The molecule has 6 rings (SSSR count). The van der Waals surface area contributed by atoms with E-state index in [9.17, 15) is 9.18 Å². The quantitative estimate of drug-likeness (QED) is 0.540. The van der Waals surface area contributed by atoms with Crippen LogP contribution < -0.4 is 0 Å². The molecule has 0 amide bonds. The molecule has 3 nitrogen and oxygen atoms in total. The summed E-state index contributed by atoms with van der Waals surface area (Å²) >= 11 is 0. The van der Waals surface area contributed by atoms with Gasteiger partial charge in [-0.2, -0.15) is 5.10 Å². The smallest absolute Gasteiger partial charge is 0.157 e. The number of benzene rings is 1. The minimum absolute atomic E-state index is 0.154. The number of halogens is 1. The van der Waals surface area contributed by atoms with Crippen LogP contribution in [0, 0.1) is 52.7 Å². The van der Waals surface area contributed by atoms with Crippen molar-refractivity contribution in [3.05, 3.63) is 30.2 Å². The van der Waals surface area contributed by atoms with Gasteiger partial charge >= 0.3 is 0 Å². The Balaban J connectivity index is 1.19. The fourth-order valence-electron chi connectivity index (χ4n) is 9.02. The van der Waals surface area contributed by atoms with Crippen molar-refractivity contribution in [1.29, 1.82) is 0 Å². The van der Waals surface area contributed by atoms with Crippen LogP contribution in [0.5, 0.6) is 0 Å². The van der Waals surface area contributed by atoms with Gasteiger partial charge in [-0.1, -0.05) is 20.3 Å². The summed E-state index contributed by atoms with van der Waals surface area (Å²) in [7, 11) is 0. The average Bonchev–Trinajstić information content (AvgIpc) is 3.32. The van der Waals surface area contributed by atoms with Gasteiger partial charge in [0.1, 0.15) is 5.82 Å². The van der Waals surface area contributed by atoms with E-state index in [1.54, 1.807) is 10.7 Å². The molecule has 0 spiro atoms. The number of fused-ring (bicyclic) bond motifs is 6. The van der Waals surface area contributed by atoms with E-state index >= 15 is 0 Å². The van der Waals surface area contributed by atoms with Crippen molar-refractivity contribution in [1.82, 2.24) is 9.78 Å². The highest BCUT2D eigenvalue weighted by Gasteiger charge is 2.58. The lowest BCUT2D eigenvalue weighted by Gasteiger charge is -2.56. The van der Waals surface area contributed by atoms with E-state index in [4.69, 9.17) is 0 Å². The summed E-state index contributed by atoms with van der Waals surface area (Å²) in [5, 5.41) is 5.31. The first-order valence-corrected chi connectivity index (χ1v) is 13.1. The molecule has 0 radical (unpaired) electrons. The molecule has 4 saturated carbocycles. The molecule has 8 atom stereocenters. The Hall–Kier alpha value is -1.71. The molecule has 1 aromatic heterocycles. The zero-order valence-corrected chi connectivity index (χ0v) is 19.6. The number of rotatable bonds is 3. The second kappa shape index (κ2) is 7.67. The fourth-order valence-corrected chi connectivity index (χ4v) is 9.02. The summed E-state index contributed by atoms with van der Waals surface area (Å²) in [6, 6.07) is 4.63. The molecule has 4 heteroatoms. The summed E-state index contributed by atoms with van der Waals surface area (Å²) in [4.78, 5) is 13.5. The van der Waals surface area contributed by atoms with Gasteiger partial charge in [0.05, 0.1) is 12.1 Å². The Morgan fingerprint density at radius 1 is 1.09 bits per heavy atom. The van der Waals surface area contributed by atoms with Gasteiger partial charge in [0.25, 0.3) is 0 Å². The van der Waals surface area contributed by atoms with E-state index in [1.807, 2.05) is 6.20 Å². The van der Waals surface area contributed by atoms with Crippen LogP contribution in [0.1, 0.15) is 71.6 Å². The molecule has 2 aromatic rings. The summed E-state index contributed by atoms with van der Waals surface area (Å²) in [6.45, 7) is 5.21. The summed E-state index contributed by atoms with van der Waals surface area (Å²) in [5.41, 5.74) is 0.917. The largest absolute Gasteiger partial charge is 0.297 e. The molecule has 0 saturated heterocycles. The lowest BCUT2D eigenvalue weighted by Crippen LogP contribution is -2.49. The number of aromatic nitrogens is 2. The third kappa shape index (κ3) is 3.27. The molecular weight excluding hydrogens is 399 g/mol. The Bertz CT molecular complexity index is 1030. The van der Waals surface area contributed by atoms with E-state index in [-0.39, 0.29) is 17.2 Å². The van der Waals surface area contributed by atoms with Crippen LogP contribution in [-0.4, -0.2) is 15.6 Å². The predicted molar refractivity (Wildman–Crippen MR) is 124 cm³/mol. The number of carbonyl (C=O) groups excluding carboxylic acids is 1. The minimum Gasteiger partial charge on any atom is -0.297 e. The number of hydrogen-bond acceptors (Lipinski definition) is 2. The topological polar surface area (TPSA) is 34.9 Å². The molecule has 0 bridgehead atoms. The van der Waals surface area contributed by atoms with Crippen molar-refractivity contribution in [2.75, 3.05) is 0 Å². The predicted octanol–water partition coefficient (Wildman–Crippen LogP) is 6.65. The Morgan fingerprint density at radius 3 is 2.81 bits per heavy atom. The minimum atomic E-state index is -0.256. The first-order valence-electron chi connectivity index (χ1n) is 13.1. The molecule has 0 N–H and O–H groups in total. The van der Waals surface area contributed by atoms with E-state index in [0.717, 1.165) is 52.8 Å². The van der Waals surface area contributed by atoms with Gasteiger partial charge in [0.15, 0.2) is 5.78 Å². The first-order chi connectivity index (χ1) is 15.4. The van der Waals surface area contributed by atoms with Crippen molar-refractivity contribution in [2.45, 2.75) is 78.2 Å². The number of nitrogens with zero attached hydrogens (tertiary/aromatic N) is 2. The van der Waals surface area contributed by atoms with E-state index in [0.29, 0.717) is 12.3 Å². The molecule has 1 aromatic carbocycles.